The first-order valence-electron chi connectivity index (χ1n) is 7.68. The van der Waals surface area contributed by atoms with Gasteiger partial charge in [0, 0.05) is 14.0 Å². The predicted molar refractivity (Wildman–Crippen MR) is 102 cm³/mol. The molecule has 1 aliphatic heterocycles. The van der Waals surface area contributed by atoms with Crippen LogP contribution in [-0.4, -0.2) is 33.6 Å². The molecule has 142 valence electrons. The molecular weight excluding hydrogens is 415 g/mol. The number of carbonyl (C=O) groups excluding carboxylic acids is 2. The molecule has 1 atom stereocenters. The molecule has 7 nitrogen and oxygen atoms in total. The van der Waals surface area contributed by atoms with Crippen molar-refractivity contribution in [1.82, 2.24) is 0 Å². The molecule has 0 aromatic heterocycles. The third-order valence-corrected chi connectivity index (χ3v) is 6.46. The zero-order chi connectivity index (χ0) is 19.9. The number of hydrogen-bond donors (Lipinski definition) is 0. The zero-order valence-electron chi connectivity index (χ0n) is 14.2. The van der Waals surface area contributed by atoms with Gasteiger partial charge in [0.05, 0.1) is 26.3 Å². The number of anilines is 2. The highest BCUT2D eigenvalue weighted by Crippen LogP contribution is 2.39. The van der Waals surface area contributed by atoms with Gasteiger partial charge in [-0.05, 0) is 30.3 Å². The number of hydrogen-bond acceptors (Lipinski definition) is 5. The first-order valence-corrected chi connectivity index (χ1v) is 9.87. The molecule has 0 aliphatic carbocycles. The van der Waals surface area contributed by atoms with Crippen molar-refractivity contribution in [3.63, 3.8) is 0 Å². The zero-order valence-corrected chi connectivity index (χ0v) is 16.5. The third-order valence-electron chi connectivity index (χ3n) is 3.96. The van der Waals surface area contributed by atoms with Crippen LogP contribution in [0.5, 0.6) is 0 Å². The standard InChI is InChI=1S/C17H14Cl2N2O5S/c1-10(22)26-17-16(23)20(2)14-5-3-4-6-15(14)21(17)27(24,25)11-7-8-12(18)13(19)9-11/h3-9,17H,1-2H3. The molecule has 0 fully saturated rings. The van der Waals surface area contributed by atoms with Gasteiger partial charge in [-0.15, -0.1) is 0 Å². The molecule has 3 rings (SSSR count). The average molecular weight is 429 g/mol. The highest BCUT2D eigenvalue weighted by molar-refractivity contribution is 7.93. The SMILES string of the molecule is CC(=O)OC1C(=O)N(C)c2ccccc2N1S(=O)(=O)c1ccc(Cl)c(Cl)c1. The van der Waals surface area contributed by atoms with Crippen molar-refractivity contribution in [2.45, 2.75) is 18.0 Å². The lowest BCUT2D eigenvalue weighted by Gasteiger charge is -2.39. The van der Waals surface area contributed by atoms with Gasteiger partial charge in [0.25, 0.3) is 22.2 Å². The number of amides is 1. The first-order chi connectivity index (χ1) is 12.6. The number of ether oxygens (including phenoxy) is 1. The fourth-order valence-corrected chi connectivity index (χ4v) is 4.60. The topological polar surface area (TPSA) is 84.0 Å². The Hall–Kier alpha value is -2.29. The Morgan fingerprint density at radius 1 is 1.07 bits per heavy atom. The van der Waals surface area contributed by atoms with Gasteiger partial charge in [-0.3, -0.25) is 9.59 Å². The van der Waals surface area contributed by atoms with Crippen molar-refractivity contribution < 1.29 is 22.7 Å². The highest BCUT2D eigenvalue weighted by Gasteiger charge is 2.45. The number of nitrogens with zero attached hydrogens (tertiary/aromatic N) is 2. The van der Waals surface area contributed by atoms with Crippen molar-refractivity contribution in [3.05, 3.63) is 52.5 Å². The van der Waals surface area contributed by atoms with Crippen LogP contribution in [0.4, 0.5) is 11.4 Å². The normalized spacial score (nSPS) is 16.9. The second-order valence-electron chi connectivity index (χ2n) is 5.72. The lowest BCUT2D eigenvalue weighted by molar-refractivity contribution is -0.152. The molecule has 1 aliphatic rings. The van der Waals surface area contributed by atoms with Crippen molar-refractivity contribution in [1.29, 1.82) is 0 Å². The summed E-state index contributed by atoms with van der Waals surface area (Å²) in [4.78, 5) is 25.3. The fraction of sp³-hybridized carbons (Fsp3) is 0.176. The molecule has 10 heteroatoms. The molecule has 0 bridgehead atoms. The van der Waals surface area contributed by atoms with Crippen LogP contribution < -0.4 is 9.21 Å². The summed E-state index contributed by atoms with van der Waals surface area (Å²) in [5, 5.41) is 0.220. The molecule has 1 unspecified atom stereocenters. The second kappa shape index (κ2) is 7.03. The summed E-state index contributed by atoms with van der Waals surface area (Å²) < 4.78 is 32.5. The van der Waals surface area contributed by atoms with Crippen LogP contribution in [0.3, 0.4) is 0 Å². The smallest absolute Gasteiger partial charge is 0.305 e. The van der Waals surface area contributed by atoms with Gasteiger partial charge in [0.15, 0.2) is 0 Å². The maximum Gasteiger partial charge on any atom is 0.305 e. The fourth-order valence-electron chi connectivity index (χ4n) is 2.71. The molecule has 0 spiro atoms. The van der Waals surface area contributed by atoms with Crippen LogP contribution in [0.2, 0.25) is 10.0 Å². The van der Waals surface area contributed by atoms with Gasteiger partial charge in [0.2, 0.25) is 0 Å². The molecule has 1 amide bonds. The van der Waals surface area contributed by atoms with E-state index in [2.05, 4.69) is 0 Å². The van der Waals surface area contributed by atoms with Gasteiger partial charge in [0.1, 0.15) is 0 Å². The van der Waals surface area contributed by atoms with Crippen molar-refractivity contribution >= 4 is 56.5 Å². The van der Waals surface area contributed by atoms with E-state index >= 15 is 0 Å². The summed E-state index contributed by atoms with van der Waals surface area (Å²) in [6.07, 6.45) is -1.68. The molecule has 0 N–H and O–H groups in total. The van der Waals surface area contributed by atoms with E-state index in [0.29, 0.717) is 5.69 Å². The number of benzene rings is 2. The van der Waals surface area contributed by atoms with Crippen molar-refractivity contribution in [2.24, 2.45) is 0 Å². The largest absolute Gasteiger partial charge is 0.431 e. The van der Waals surface area contributed by atoms with Crippen molar-refractivity contribution in [2.75, 3.05) is 16.3 Å². The third kappa shape index (κ3) is 3.36. The van der Waals surface area contributed by atoms with Crippen LogP contribution in [0, 0.1) is 0 Å². The summed E-state index contributed by atoms with van der Waals surface area (Å²) in [5.41, 5.74) is 0.548. The summed E-state index contributed by atoms with van der Waals surface area (Å²) in [6, 6.07) is 10.2. The van der Waals surface area contributed by atoms with Gasteiger partial charge in [-0.2, -0.15) is 0 Å². The number of esters is 1. The minimum Gasteiger partial charge on any atom is -0.431 e. The molecule has 1 heterocycles. The maximum absolute atomic E-state index is 13.3. The van der Waals surface area contributed by atoms with Crippen LogP contribution >= 0.6 is 23.2 Å². The number of carbonyl (C=O) groups is 2. The first kappa shape index (κ1) is 19.5. The number of fused-ring (bicyclic) bond motifs is 1. The van der Waals surface area contributed by atoms with Crippen LogP contribution in [0.1, 0.15) is 6.92 Å². The quantitative estimate of drug-likeness (QED) is 0.701. The molecule has 0 radical (unpaired) electrons. The summed E-state index contributed by atoms with van der Waals surface area (Å²) in [5.74, 6) is -1.50. The molecule has 0 saturated carbocycles. The number of para-hydroxylation sites is 2. The molecular formula is C17H14Cl2N2O5S. The Labute approximate surface area is 166 Å². The number of rotatable bonds is 3. The summed E-state index contributed by atoms with van der Waals surface area (Å²) in [6.45, 7) is 1.09. The summed E-state index contributed by atoms with van der Waals surface area (Å²) in [7, 11) is -2.83. The number of sulfonamides is 1. The monoisotopic (exact) mass is 428 g/mol. The minimum absolute atomic E-state index is 0.0375. The Morgan fingerprint density at radius 3 is 2.30 bits per heavy atom. The van der Waals surface area contributed by atoms with E-state index in [-0.39, 0.29) is 20.6 Å². The Bertz CT molecular complexity index is 1040. The molecule has 2 aromatic carbocycles. The maximum atomic E-state index is 13.3. The number of likely N-dealkylation sites (N-methyl/N-ethyl adjacent to an activating group) is 1. The summed E-state index contributed by atoms with van der Waals surface area (Å²) >= 11 is 11.8. The van der Waals surface area contributed by atoms with E-state index in [1.165, 1.54) is 36.2 Å². The highest BCUT2D eigenvalue weighted by atomic mass is 35.5. The average Bonchev–Trinajstić information content (AvgIpc) is 2.61. The van der Waals surface area contributed by atoms with E-state index in [9.17, 15) is 18.0 Å². The Morgan fingerprint density at radius 2 is 1.70 bits per heavy atom. The van der Waals surface area contributed by atoms with Gasteiger partial charge >= 0.3 is 5.97 Å². The van der Waals surface area contributed by atoms with Gasteiger partial charge in [-0.1, -0.05) is 35.3 Å². The molecule has 2 aromatic rings. The van der Waals surface area contributed by atoms with E-state index in [1.54, 1.807) is 18.2 Å². The Balaban J connectivity index is 2.24. The Kier molecular flexibility index (Phi) is 5.07. The van der Waals surface area contributed by atoms with E-state index in [4.69, 9.17) is 27.9 Å². The van der Waals surface area contributed by atoms with E-state index < -0.39 is 28.1 Å². The van der Waals surface area contributed by atoms with Crippen LogP contribution in [-0.2, 0) is 24.3 Å². The molecule has 27 heavy (non-hydrogen) atoms. The number of halogens is 2. The lowest BCUT2D eigenvalue weighted by atomic mass is 10.2. The van der Waals surface area contributed by atoms with Crippen LogP contribution in [0.15, 0.2) is 47.4 Å². The molecule has 0 saturated heterocycles. The lowest BCUT2D eigenvalue weighted by Crippen LogP contribution is -2.56. The van der Waals surface area contributed by atoms with E-state index in [0.717, 1.165) is 11.2 Å². The van der Waals surface area contributed by atoms with Gasteiger partial charge < -0.3 is 9.64 Å². The van der Waals surface area contributed by atoms with Gasteiger partial charge in [-0.25, -0.2) is 12.7 Å². The predicted octanol–water partition coefficient (Wildman–Crippen LogP) is 3.05. The minimum atomic E-state index is -4.30. The van der Waals surface area contributed by atoms with E-state index in [1.807, 2.05) is 0 Å². The van der Waals surface area contributed by atoms with Crippen LogP contribution in [0.25, 0.3) is 0 Å². The van der Waals surface area contributed by atoms with Crippen molar-refractivity contribution in [3.8, 4) is 0 Å². The second-order valence-corrected chi connectivity index (χ2v) is 8.35.